The van der Waals surface area contributed by atoms with Crippen molar-refractivity contribution >= 4 is 11.9 Å². The Bertz CT molecular complexity index is 828. The van der Waals surface area contributed by atoms with E-state index in [9.17, 15) is 9.59 Å². The van der Waals surface area contributed by atoms with Gasteiger partial charge in [0.1, 0.15) is 0 Å². The molecule has 0 radical (unpaired) electrons. The number of rotatable bonds is 6. The second kappa shape index (κ2) is 8.87. The molecule has 3 amide bonds. The quantitative estimate of drug-likeness (QED) is 0.809. The van der Waals surface area contributed by atoms with Crippen LogP contribution in [0.1, 0.15) is 40.7 Å². The Hall–Kier alpha value is -2.89. The summed E-state index contributed by atoms with van der Waals surface area (Å²) in [6.07, 6.45) is 4.76. The maximum atomic E-state index is 13.0. The van der Waals surface area contributed by atoms with E-state index >= 15 is 0 Å². The number of hydrogen-bond acceptors (Lipinski definition) is 3. The number of urea groups is 1. The third-order valence-corrected chi connectivity index (χ3v) is 5.17. The van der Waals surface area contributed by atoms with Gasteiger partial charge in [-0.3, -0.25) is 9.78 Å². The molecule has 1 aliphatic heterocycles. The first-order valence-electron chi connectivity index (χ1n) is 9.70. The van der Waals surface area contributed by atoms with Gasteiger partial charge in [0.15, 0.2) is 0 Å². The molecule has 2 heterocycles. The minimum absolute atomic E-state index is 0.00207. The molecule has 0 unspecified atom stereocenters. The van der Waals surface area contributed by atoms with Crippen molar-refractivity contribution in [3.63, 3.8) is 0 Å². The Kier molecular flexibility index (Phi) is 6.29. The highest BCUT2D eigenvalue weighted by Gasteiger charge is 2.25. The van der Waals surface area contributed by atoms with E-state index in [2.05, 4.69) is 48.5 Å². The van der Waals surface area contributed by atoms with Crippen LogP contribution in [0.4, 0.5) is 4.79 Å². The second-order valence-electron chi connectivity index (χ2n) is 7.58. The van der Waals surface area contributed by atoms with Crippen LogP contribution in [0.15, 0.2) is 36.7 Å². The van der Waals surface area contributed by atoms with Crippen molar-refractivity contribution in [1.29, 1.82) is 0 Å². The summed E-state index contributed by atoms with van der Waals surface area (Å²) >= 11 is 0. The number of aryl methyl sites for hydroxylation is 3. The molecule has 3 rings (SSSR count). The molecular weight excluding hydrogens is 352 g/mol. The van der Waals surface area contributed by atoms with Gasteiger partial charge in [-0.15, -0.1) is 0 Å². The van der Waals surface area contributed by atoms with Crippen molar-refractivity contribution in [1.82, 2.24) is 20.5 Å². The lowest BCUT2D eigenvalue weighted by molar-refractivity contribution is -0.119. The van der Waals surface area contributed by atoms with Gasteiger partial charge in [-0.25, -0.2) is 4.79 Å². The zero-order valence-corrected chi connectivity index (χ0v) is 16.8. The van der Waals surface area contributed by atoms with Gasteiger partial charge >= 0.3 is 6.03 Å². The average Bonchev–Trinajstić information content (AvgIpc) is 3.06. The third kappa shape index (κ3) is 5.09. The van der Waals surface area contributed by atoms with Gasteiger partial charge in [0.25, 0.3) is 0 Å². The number of pyridine rings is 1. The van der Waals surface area contributed by atoms with E-state index in [1.807, 2.05) is 12.1 Å². The number of hydrogen-bond donors (Lipinski definition) is 2. The van der Waals surface area contributed by atoms with E-state index in [0.717, 1.165) is 17.5 Å². The lowest BCUT2D eigenvalue weighted by atomic mass is 10.00. The van der Waals surface area contributed by atoms with E-state index in [1.165, 1.54) is 16.7 Å². The van der Waals surface area contributed by atoms with E-state index in [1.54, 1.807) is 17.3 Å². The van der Waals surface area contributed by atoms with Gasteiger partial charge in [-0.1, -0.05) is 23.8 Å². The molecule has 0 bridgehead atoms. The van der Waals surface area contributed by atoms with Crippen LogP contribution in [0.2, 0.25) is 0 Å². The molecule has 2 aromatic rings. The molecule has 0 spiro atoms. The van der Waals surface area contributed by atoms with Gasteiger partial charge in [0, 0.05) is 44.5 Å². The lowest BCUT2D eigenvalue weighted by Crippen LogP contribution is -2.45. The lowest BCUT2D eigenvalue weighted by Gasteiger charge is -2.26. The number of carbonyl (C=O) groups is 2. The van der Waals surface area contributed by atoms with Crippen molar-refractivity contribution in [3.8, 4) is 0 Å². The molecule has 28 heavy (non-hydrogen) atoms. The summed E-state index contributed by atoms with van der Waals surface area (Å²) in [5.41, 5.74) is 5.69. The predicted octanol–water partition coefficient (Wildman–Crippen LogP) is 3.00. The van der Waals surface area contributed by atoms with Crippen LogP contribution in [0, 0.1) is 20.8 Å². The fourth-order valence-electron chi connectivity index (χ4n) is 3.78. The number of carbonyl (C=O) groups excluding carboxylic acids is 2. The number of nitrogens with zero attached hydrogens (tertiary/aromatic N) is 2. The molecule has 1 saturated heterocycles. The fraction of sp³-hybridized carbons (Fsp3) is 0.409. The van der Waals surface area contributed by atoms with Gasteiger partial charge in [0.2, 0.25) is 5.91 Å². The predicted molar refractivity (Wildman–Crippen MR) is 109 cm³/mol. The number of benzene rings is 1. The van der Waals surface area contributed by atoms with Crippen LogP contribution >= 0.6 is 0 Å². The number of nitrogens with one attached hydrogen (secondary N) is 2. The Morgan fingerprint density at radius 1 is 1.29 bits per heavy atom. The summed E-state index contributed by atoms with van der Waals surface area (Å²) in [6, 6.07) is 7.95. The van der Waals surface area contributed by atoms with Crippen LogP contribution < -0.4 is 10.6 Å². The summed E-state index contributed by atoms with van der Waals surface area (Å²) in [6.45, 7) is 7.65. The number of amides is 3. The van der Waals surface area contributed by atoms with Crippen molar-refractivity contribution < 1.29 is 9.59 Å². The zero-order valence-electron chi connectivity index (χ0n) is 16.8. The normalized spacial score (nSPS) is 16.0. The van der Waals surface area contributed by atoms with Crippen molar-refractivity contribution in [3.05, 3.63) is 64.5 Å². The van der Waals surface area contributed by atoms with E-state index in [-0.39, 0.29) is 18.0 Å². The van der Waals surface area contributed by atoms with E-state index in [4.69, 9.17) is 0 Å². The summed E-state index contributed by atoms with van der Waals surface area (Å²) in [7, 11) is 0. The molecule has 6 nitrogen and oxygen atoms in total. The Labute approximate surface area is 166 Å². The van der Waals surface area contributed by atoms with E-state index in [0.29, 0.717) is 26.1 Å². The fourth-order valence-corrected chi connectivity index (χ4v) is 3.78. The number of aromatic nitrogens is 1. The van der Waals surface area contributed by atoms with Crippen molar-refractivity contribution in [2.45, 2.75) is 52.7 Å². The van der Waals surface area contributed by atoms with Gasteiger partial charge in [-0.2, -0.15) is 0 Å². The highest BCUT2D eigenvalue weighted by Crippen LogP contribution is 2.17. The molecule has 1 aromatic heterocycles. The first-order chi connectivity index (χ1) is 13.4. The minimum Gasteiger partial charge on any atom is -0.352 e. The monoisotopic (exact) mass is 380 g/mol. The van der Waals surface area contributed by atoms with E-state index < -0.39 is 0 Å². The second-order valence-corrected chi connectivity index (χ2v) is 7.58. The first kappa shape index (κ1) is 19.9. The average molecular weight is 380 g/mol. The minimum atomic E-state index is -0.135. The molecule has 2 N–H and O–H groups in total. The third-order valence-electron chi connectivity index (χ3n) is 5.17. The van der Waals surface area contributed by atoms with Crippen LogP contribution in [-0.2, 0) is 17.9 Å². The van der Waals surface area contributed by atoms with Crippen LogP contribution in [0.25, 0.3) is 0 Å². The highest BCUT2D eigenvalue weighted by atomic mass is 16.2. The van der Waals surface area contributed by atoms with Crippen molar-refractivity contribution in [2.75, 3.05) is 6.54 Å². The Morgan fingerprint density at radius 3 is 2.64 bits per heavy atom. The summed E-state index contributed by atoms with van der Waals surface area (Å²) < 4.78 is 0. The summed E-state index contributed by atoms with van der Waals surface area (Å²) in [5, 5.41) is 6.01. The summed E-state index contributed by atoms with van der Waals surface area (Å²) in [5.74, 6) is 0.0534. The first-order valence-corrected chi connectivity index (χ1v) is 9.70. The molecule has 1 aliphatic rings. The standard InChI is InChI=1S/C22H28N4O2/c1-15-9-16(2)20(17(3)10-15)12-24-22(28)26(13-18-5-4-8-23-11-18)14-19-6-7-21(27)25-19/h4-5,8-11,19H,6-7,12-14H2,1-3H3,(H,24,28)(H,25,27)/t19-/m0/s1. The molecule has 0 saturated carbocycles. The van der Waals surface area contributed by atoms with Gasteiger partial charge in [-0.05, 0) is 55.5 Å². The molecule has 0 aliphatic carbocycles. The topological polar surface area (TPSA) is 74.3 Å². The summed E-state index contributed by atoms with van der Waals surface area (Å²) in [4.78, 5) is 30.4. The van der Waals surface area contributed by atoms with Crippen LogP contribution in [-0.4, -0.2) is 34.4 Å². The largest absolute Gasteiger partial charge is 0.352 e. The molecule has 1 fully saturated rings. The molecule has 6 heteroatoms. The molecule has 148 valence electrons. The SMILES string of the molecule is Cc1cc(C)c(CNC(=O)N(Cc2cccnc2)C[C@@H]2CCC(=O)N2)c(C)c1. The molecule has 1 aromatic carbocycles. The molecule has 1 atom stereocenters. The molecular formula is C22H28N4O2. The Balaban J connectivity index is 1.69. The van der Waals surface area contributed by atoms with Crippen LogP contribution in [0.3, 0.4) is 0 Å². The van der Waals surface area contributed by atoms with Gasteiger partial charge < -0.3 is 15.5 Å². The maximum absolute atomic E-state index is 13.0. The smallest absolute Gasteiger partial charge is 0.318 e. The highest BCUT2D eigenvalue weighted by molar-refractivity contribution is 5.79. The van der Waals surface area contributed by atoms with Gasteiger partial charge in [0.05, 0.1) is 0 Å². The van der Waals surface area contributed by atoms with Crippen LogP contribution in [0.5, 0.6) is 0 Å². The zero-order chi connectivity index (χ0) is 20.1. The maximum Gasteiger partial charge on any atom is 0.318 e. The van der Waals surface area contributed by atoms with Crippen molar-refractivity contribution in [2.24, 2.45) is 0 Å². The Morgan fingerprint density at radius 2 is 2.04 bits per heavy atom.